The van der Waals surface area contributed by atoms with Crippen LogP contribution in [0.3, 0.4) is 0 Å². The van der Waals surface area contributed by atoms with Crippen LogP contribution in [0.15, 0.2) is 0 Å². The highest BCUT2D eigenvalue weighted by molar-refractivity contribution is 5.74. The summed E-state index contributed by atoms with van der Waals surface area (Å²) in [6.07, 6.45) is -0.510. The molecule has 20 heavy (non-hydrogen) atoms. The van der Waals surface area contributed by atoms with Gasteiger partial charge in [-0.15, -0.1) is 0 Å². The summed E-state index contributed by atoms with van der Waals surface area (Å²) in [7, 11) is 1.52. The van der Waals surface area contributed by atoms with E-state index in [0.29, 0.717) is 0 Å². The molecule has 0 aromatic carbocycles. The standard InChI is InChI=1S/C13H25NO6/c1-12(2,3)10(15)20-18-9-17-8-14(7)11(16)19-13(4,5)6/h8-9H2,1-7H3. The summed E-state index contributed by atoms with van der Waals surface area (Å²) < 4.78 is 10.1. The summed E-state index contributed by atoms with van der Waals surface area (Å²) in [6.45, 7) is 10.1. The number of nitrogens with zero attached hydrogens (tertiary/aromatic N) is 1. The Morgan fingerprint density at radius 1 is 1.05 bits per heavy atom. The molecule has 0 saturated heterocycles. The Morgan fingerprint density at radius 2 is 1.60 bits per heavy atom. The quantitative estimate of drug-likeness (QED) is 0.335. The molecular formula is C13H25NO6. The molecule has 0 unspecified atom stereocenters. The maximum absolute atomic E-state index is 11.6. The molecule has 0 heterocycles. The predicted molar refractivity (Wildman–Crippen MR) is 71.4 cm³/mol. The minimum Gasteiger partial charge on any atom is -0.444 e. The first-order valence-electron chi connectivity index (χ1n) is 6.29. The summed E-state index contributed by atoms with van der Waals surface area (Å²) >= 11 is 0. The lowest BCUT2D eigenvalue weighted by Gasteiger charge is -2.24. The van der Waals surface area contributed by atoms with E-state index < -0.39 is 23.1 Å². The van der Waals surface area contributed by atoms with Crippen LogP contribution in [0.5, 0.6) is 0 Å². The monoisotopic (exact) mass is 291 g/mol. The smallest absolute Gasteiger partial charge is 0.411 e. The second-order valence-corrected chi connectivity index (χ2v) is 6.37. The number of hydrogen-bond donors (Lipinski definition) is 0. The van der Waals surface area contributed by atoms with Crippen molar-refractivity contribution in [2.24, 2.45) is 5.41 Å². The lowest BCUT2D eigenvalue weighted by Crippen LogP contribution is -2.35. The second-order valence-electron chi connectivity index (χ2n) is 6.37. The molecule has 7 nitrogen and oxygen atoms in total. The maximum Gasteiger partial charge on any atom is 0.411 e. The fraction of sp³-hybridized carbons (Fsp3) is 0.846. The van der Waals surface area contributed by atoms with Gasteiger partial charge in [-0.1, -0.05) is 0 Å². The fourth-order valence-corrected chi connectivity index (χ4v) is 0.803. The van der Waals surface area contributed by atoms with Gasteiger partial charge in [-0.05, 0) is 41.5 Å². The van der Waals surface area contributed by atoms with Crippen molar-refractivity contribution in [3.05, 3.63) is 0 Å². The van der Waals surface area contributed by atoms with Gasteiger partial charge >= 0.3 is 12.1 Å². The van der Waals surface area contributed by atoms with Crippen molar-refractivity contribution < 1.29 is 28.8 Å². The van der Waals surface area contributed by atoms with E-state index in [4.69, 9.17) is 9.47 Å². The lowest BCUT2D eigenvalue weighted by atomic mass is 9.98. The minimum atomic E-state index is -0.646. The first kappa shape index (κ1) is 18.7. The van der Waals surface area contributed by atoms with Crippen molar-refractivity contribution in [2.45, 2.75) is 47.1 Å². The van der Waals surface area contributed by atoms with Crippen LogP contribution in [0.1, 0.15) is 41.5 Å². The van der Waals surface area contributed by atoms with E-state index in [2.05, 4.69) is 9.78 Å². The van der Waals surface area contributed by atoms with Crippen molar-refractivity contribution in [3.8, 4) is 0 Å². The Kier molecular flexibility index (Phi) is 6.95. The number of amides is 1. The zero-order valence-electron chi connectivity index (χ0n) is 13.3. The van der Waals surface area contributed by atoms with E-state index in [1.165, 1.54) is 11.9 Å². The topological polar surface area (TPSA) is 74.3 Å². The van der Waals surface area contributed by atoms with Crippen LogP contribution < -0.4 is 0 Å². The van der Waals surface area contributed by atoms with Gasteiger partial charge in [-0.2, -0.15) is 4.89 Å². The average Bonchev–Trinajstić information content (AvgIpc) is 2.24. The molecule has 0 bridgehead atoms. The van der Waals surface area contributed by atoms with E-state index in [1.807, 2.05) is 0 Å². The van der Waals surface area contributed by atoms with Gasteiger partial charge in [-0.25, -0.2) is 9.59 Å². The van der Waals surface area contributed by atoms with E-state index in [0.717, 1.165) is 0 Å². The number of carbonyl (C=O) groups excluding carboxylic acids is 2. The van der Waals surface area contributed by atoms with E-state index in [9.17, 15) is 9.59 Å². The van der Waals surface area contributed by atoms with E-state index in [1.54, 1.807) is 41.5 Å². The molecule has 0 aliphatic rings. The van der Waals surface area contributed by atoms with Crippen molar-refractivity contribution in [1.82, 2.24) is 4.90 Å². The minimum absolute atomic E-state index is 0.0397. The van der Waals surface area contributed by atoms with Crippen LogP contribution in [0, 0.1) is 5.41 Å². The summed E-state index contributed by atoms with van der Waals surface area (Å²) in [4.78, 5) is 33.3. The molecule has 0 rings (SSSR count). The third kappa shape index (κ3) is 8.71. The number of carbonyl (C=O) groups is 2. The van der Waals surface area contributed by atoms with Crippen LogP contribution in [-0.4, -0.2) is 43.1 Å². The Balaban J connectivity index is 3.81. The average molecular weight is 291 g/mol. The SMILES string of the molecule is CN(COCOOC(=O)C(C)(C)C)C(=O)OC(C)(C)C. The highest BCUT2D eigenvalue weighted by Crippen LogP contribution is 2.15. The Hall–Kier alpha value is -1.34. The molecule has 118 valence electrons. The predicted octanol–water partition coefficient (Wildman–Crippen LogP) is 2.31. The van der Waals surface area contributed by atoms with Crippen molar-refractivity contribution >= 4 is 12.1 Å². The Labute approximate surface area is 120 Å². The largest absolute Gasteiger partial charge is 0.444 e. The van der Waals surface area contributed by atoms with Gasteiger partial charge in [0.25, 0.3) is 0 Å². The number of rotatable bonds is 5. The Morgan fingerprint density at radius 3 is 2.05 bits per heavy atom. The van der Waals surface area contributed by atoms with Gasteiger partial charge in [0.05, 0.1) is 5.41 Å². The molecule has 0 fully saturated rings. The van der Waals surface area contributed by atoms with Crippen molar-refractivity contribution in [3.63, 3.8) is 0 Å². The molecule has 0 saturated carbocycles. The molecule has 7 heteroatoms. The van der Waals surface area contributed by atoms with Gasteiger partial charge < -0.3 is 9.47 Å². The lowest BCUT2D eigenvalue weighted by molar-refractivity contribution is -0.318. The zero-order valence-corrected chi connectivity index (χ0v) is 13.3. The highest BCUT2D eigenvalue weighted by atomic mass is 17.2. The van der Waals surface area contributed by atoms with Crippen molar-refractivity contribution in [1.29, 1.82) is 0 Å². The first-order valence-corrected chi connectivity index (χ1v) is 6.29. The second kappa shape index (κ2) is 7.44. The highest BCUT2D eigenvalue weighted by Gasteiger charge is 2.24. The van der Waals surface area contributed by atoms with Crippen molar-refractivity contribution in [2.75, 3.05) is 20.6 Å². The molecular weight excluding hydrogens is 266 g/mol. The summed E-state index contributed by atoms with van der Waals surface area (Å²) in [6, 6.07) is 0. The Bertz CT molecular complexity index is 329. The molecule has 0 aliphatic carbocycles. The molecule has 1 amide bonds. The van der Waals surface area contributed by atoms with Crippen LogP contribution >= 0.6 is 0 Å². The van der Waals surface area contributed by atoms with E-state index in [-0.39, 0.29) is 13.5 Å². The summed E-state index contributed by atoms with van der Waals surface area (Å²) in [5.74, 6) is -0.499. The van der Waals surface area contributed by atoms with Crippen LogP contribution in [0.4, 0.5) is 4.79 Å². The zero-order chi connectivity index (χ0) is 16.0. The fourth-order valence-electron chi connectivity index (χ4n) is 0.803. The third-order valence-corrected chi connectivity index (χ3v) is 1.87. The molecule has 0 aliphatic heterocycles. The molecule has 0 spiro atoms. The molecule has 0 aromatic rings. The van der Waals surface area contributed by atoms with Gasteiger partial charge in [0.1, 0.15) is 12.3 Å². The number of ether oxygens (including phenoxy) is 2. The van der Waals surface area contributed by atoms with Gasteiger partial charge in [0.15, 0.2) is 6.79 Å². The number of hydrogen-bond acceptors (Lipinski definition) is 6. The van der Waals surface area contributed by atoms with Gasteiger partial charge in [0, 0.05) is 7.05 Å². The van der Waals surface area contributed by atoms with Gasteiger partial charge in [0.2, 0.25) is 0 Å². The third-order valence-electron chi connectivity index (χ3n) is 1.87. The molecule has 0 radical (unpaired) electrons. The maximum atomic E-state index is 11.6. The first-order chi connectivity index (χ1) is 8.93. The summed E-state index contributed by atoms with van der Waals surface area (Å²) in [5.41, 5.74) is -1.21. The normalized spacial score (nSPS) is 11.9. The molecule has 0 aromatic heterocycles. The van der Waals surface area contributed by atoms with Gasteiger partial charge in [-0.3, -0.25) is 9.79 Å². The summed E-state index contributed by atoms with van der Waals surface area (Å²) in [5, 5.41) is 0. The van der Waals surface area contributed by atoms with Crippen LogP contribution in [0.25, 0.3) is 0 Å². The van der Waals surface area contributed by atoms with Crippen LogP contribution in [0.2, 0.25) is 0 Å². The van der Waals surface area contributed by atoms with Crippen LogP contribution in [-0.2, 0) is 24.0 Å². The molecule has 0 atom stereocenters. The molecule has 0 N–H and O–H groups in total. The van der Waals surface area contributed by atoms with E-state index >= 15 is 0 Å².